The Morgan fingerprint density at radius 3 is 2.08 bits per heavy atom. The fraction of sp³-hybridized carbons (Fsp3) is 0.238. The van der Waals surface area contributed by atoms with Crippen LogP contribution in [-0.2, 0) is 6.42 Å². The smallest absolute Gasteiger partial charge is 0.161 e. The summed E-state index contributed by atoms with van der Waals surface area (Å²) in [5.74, 6) is 3.23. The van der Waals surface area contributed by atoms with Crippen molar-refractivity contribution in [1.29, 1.82) is 0 Å². The Hall–Kier alpha value is -3.08. The van der Waals surface area contributed by atoms with Gasteiger partial charge in [0, 0.05) is 23.9 Å². The number of hydrogen-bond acceptors (Lipinski definition) is 5. The zero-order chi connectivity index (χ0) is 18.4. The van der Waals surface area contributed by atoms with Gasteiger partial charge in [-0.1, -0.05) is 12.1 Å². The second kappa shape index (κ2) is 8.34. The lowest BCUT2D eigenvalue weighted by Crippen LogP contribution is -2.08. The summed E-state index contributed by atoms with van der Waals surface area (Å²) in [7, 11) is 3.33. The minimum Gasteiger partial charge on any atom is -0.497 e. The molecule has 0 fully saturated rings. The average Bonchev–Trinajstić information content (AvgIpc) is 2.68. The van der Waals surface area contributed by atoms with E-state index in [9.17, 15) is 0 Å². The largest absolute Gasteiger partial charge is 0.497 e. The molecule has 0 spiro atoms. The van der Waals surface area contributed by atoms with Gasteiger partial charge in [-0.25, -0.2) is 9.97 Å². The van der Waals surface area contributed by atoms with Gasteiger partial charge in [-0.3, -0.25) is 0 Å². The molecule has 0 saturated carbocycles. The Morgan fingerprint density at radius 1 is 0.846 bits per heavy atom. The highest BCUT2D eigenvalue weighted by atomic mass is 16.5. The van der Waals surface area contributed by atoms with Crippen molar-refractivity contribution in [3.63, 3.8) is 0 Å². The van der Waals surface area contributed by atoms with Crippen molar-refractivity contribution in [2.24, 2.45) is 0 Å². The predicted octanol–water partition coefficient (Wildman–Crippen LogP) is 4.12. The number of methoxy groups -OCH3 is 2. The van der Waals surface area contributed by atoms with Gasteiger partial charge in [0.2, 0.25) is 0 Å². The third kappa shape index (κ3) is 4.51. The van der Waals surface area contributed by atoms with Crippen molar-refractivity contribution >= 4 is 5.82 Å². The predicted molar refractivity (Wildman–Crippen MR) is 104 cm³/mol. The summed E-state index contributed by atoms with van der Waals surface area (Å²) >= 11 is 0. The van der Waals surface area contributed by atoms with E-state index in [0.29, 0.717) is 5.82 Å². The molecule has 2 aromatic carbocycles. The van der Waals surface area contributed by atoms with Crippen molar-refractivity contribution in [2.75, 3.05) is 26.1 Å². The quantitative estimate of drug-likeness (QED) is 0.695. The lowest BCUT2D eigenvalue weighted by molar-refractivity contribution is 0.414. The van der Waals surface area contributed by atoms with Gasteiger partial charge >= 0.3 is 0 Å². The minimum atomic E-state index is 0.708. The van der Waals surface area contributed by atoms with Gasteiger partial charge < -0.3 is 14.8 Å². The standard InChI is InChI=1S/C21H23N3O2/c1-15-14-20(22-13-12-16-4-8-18(25-2)9-5-16)24-21(23-15)17-6-10-19(26-3)11-7-17/h4-11,14H,12-13H2,1-3H3,(H,22,23,24). The van der Waals surface area contributed by atoms with E-state index >= 15 is 0 Å². The van der Waals surface area contributed by atoms with Gasteiger partial charge in [0.1, 0.15) is 17.3 Å². The summed E-state index contributed by atoms with van der Waals surface area (Å²) in [5.41, 5.74) is 3.14. The summed E-state index contributed by atoms with van der Waals surface area (Å²) in [4.78, 5) is 9.17. The third-order valence-corrected chi connectivity index (χ3v) is 4.08. The zero-order valence-corrected chi connectivity index (χ0v) is 15.3. The van der Waals surface area contributed by atoms with Crippen LogP contribution >= 0.6 is 0 Å². The van der Waals surface area contributed by atoms with Crippen molar-refractivity contribution in [2.45, 2.75) is 13.3 Å². The molecule has 3 rings (SSSR count). The highest BCUT2D eigenvalue weighted by Crippen LogP contribution is 2.21. The number of nitrogens with zero attached hydrogens (tertiary/aromatic N) is 2. The summed E-state index contributed by atoms with van der Waals surface area (Å²) in [6.45, 7) is 2.77. The molecule has 0 aliphatic rings. The van der Waals surface area contributed by atoms with Crippen LogP contribution < -0.4 is 14.8 Å². The molecule has 5 nitrogen and oxygen atoms in total. The van der Waals surface area contributed by atoms with Gasteiger partial charge in [0.25, 0.3) is 0 Å². The molecule has 5 heteroatoms. The first-order valence-corrected chi connectivity index (χ1v) is 8.55. The number of aromatic nitrogens is 2. The summed E-state index contributed by atoms with van der Waals surface area (Å²) in [6.07, 6.45) is 0.908. The first-order valence-electron chi connectivity index (χ1n) is 8.55. The normalized spacial score (nSPS) is 10.4. The molecule has 0 saturated heterocycles. The fourth-order valence-electron chi connectivity index (χ4n) is 2.66. The molecule has 0 aliphatic carbocycles. The van der Waals surface area contributed by atoms with E-state index in [1.54, 1.807) is 14.2 Å². The molecule has 0 atom stereocenters. The molecule has 0 radical (unpaired) electrons. The van der Waals surface area contributed by atoms with Crippen molar-refractivity contribution in [3.8, 4) is 22.9 Å². The van der Waals surface area contributed by atoms with Crippen LogP contribution in [0.3, 0.4) is 0 Å². The number of benzene rings is 2. The lowest BCUT2D eigenvalue weighted by Gasteiger charge is -2.09. The molecule has 0 unspecified atom stereocenters. The van der Waals surface area contributed by atoms with Crippen LogP contribution in [0.4, 0.5) is 5.82 Å². The van der Waals surface area contributed by atoms with E-state index in [2.05, 4.69) is 27.4 Å². The number of anilines is 1. The minimum absolute atomic E-state index is 0.708. The molecular weight excluding hydrogens is 326 g/mol. The molecule has 1 heterocycles. The van der Waals surface area contributed by atoms with Gasteiger partial charge in [0.15, 0.2) is 5.82 Å². The van der Waals surface area contributed by atoms with E-state index in [-0.39, 0.29) is 0 Å². The van der Waals surface area contributed by atoms with E-state index in [1.165, 1.54) is 5.56 Å². The molecule has 134 valence electrons. The molecule has 1 N–H and O–H groups in total. The van der Waals surface area contributed by atoms with Crippen LogP contribution in [0.25, 0.3) is 11.4 Å². The first kappa shape index (κ1) is 17.7. The lowest BCUT2D eigenvalue weighted by atomic mass is 10.1. The molecule has 0 bridgehead atoms. The SMILES string of the molecule is COc1ccc(CCNc2cc(C)nc(-c3ccc(OC)cc3)n2)cc1. The van der Waals surface area contributed by atoms with Crippen LogP contribution in [0.2, 0.25) is 0 Å². The molecule has 0 amide bonds. The van der Waals surface area contributed by atoms with Crippen molar-refractivity contribution < 1.29 is 9.47 Å². The highest BCUT2D eigenvalue weighted by molar-refractivity contribution is 5.58. The Kier molecular flexibility index (Phi) is 5.69. The van der Waals surface area contributed by atoms with Gasteiger partial charge in [-0.15, -0.1) is 0 Å². The van der Waals surface area contributed by atoms with Crippen molar-refractivity contribution in [1.82, 2.24) is 9.97 Å². The summed E-state index contributed by atoms with van der Waals surface area (Å²) in [6, 6.07) is 17.8. The number of hydrogen-bond donors (Lipinski definition) is 1. The van der Waals surface area contributed by atoms with E-state index in [1.807, 2.05) is 49.4 Å². The van der Waals surface area contributed by atoms with Crippen LogP contribution in [-0.4, -0.2) is 30.7 Å². The Balaban J connectivity index is 1.66. The van der Waals surface area contributed by atoms with Crippen LogP contribution in [0.1, 0.15) is 11.3 Å². The van der Waals surface area contributed by atoms with E-state index in [0.717, 1.165) is 41.5 Å². The molecule has 0 aliphatic heterocycles. The molecule has 1 aromatic heterocycles. The number of aryl methyl sites for hydroxylation is 1. The number of rotatable bonds is 7. The van der Waals surface area contributed by atoms with Gasteiger partial charge in [-0.2, -0.15) is 0 Å². The second-order valence-corrected chi connectivity index (χ2v) is 5.97. The highest BCUT2D eigenvalue weighted by Gasteiger charge is 2.06. The Morgan fingerprint density at radius 2 is 1.46 bits per heavy atom. The molecular formula is C21H23N3O2. The third-order valence-electron chi connectivity index (χ3n) is 4.08. The maximum absolute atomic E-state index is 5.20. The van der Waals surface area contributed by atoms with Crippen LogP contribution in [0.5, 0.6) is 11.5 Å². The monoisotopic (exact) mass is 349 g/mol. The maximum atomic E-state index is 5.20. The number of nitrogens with one attached hydrogen (secondary N) is 1. The summed E-state index contributed by atoms with van der Waals surface area (Å²) < 4.78 is 10.4. The second-order valence-electron chi connectivity index (χ2n) is 5.97. The number of ether oxygens (including phenoxy) is 2. The topological polar surface area (TPSA) is 56.3 Å². The zero-order valence-electron chi connectivity index (χ0n) is 15.3. The maximum Gasteiger partial charge on any atom is 0.161 e. The average molecular weight is 349 g/mol. The first-order chi connectivity index (χ1) is 12.7. The molecule has 26 heavy (non-hydrogen) atoms. The fourth-order valence-corrected chi connectivity index (χ4v) is 2.66. The van der Waals surface area contributed by atoms with E-state index in [4.69, 9.17) is 9.47 Å². The molecule has 3 aromatic rings. The Labute approximate surface area is 154 Å². The van der Waals surface area contributed by atoms with Crippen LogP contribution in [0, 0.1) is 6.92 Å². The Bertz CT molecular complexity index is 846. The summed E-state index contributed by atoms with van der Waals surface area (Å²) in [5, 5.41) is 3.39. The van der Waals surface area contributed by atoms with Gasteiger partial charge in [0.05, 0.1) is 14.2 Å². The van der Waals surface area contributed by atoms with Crippen LogP contribution in [0.15, 0.2) is 54.6 Å². The van der Waals surface area contributed by atoms with Gasteiger partial charge in [-0.05, 0) is 55.3 Å². The van der Waals surface area contributed by atoms with E-state index < -0.39 is 0 Å². The van der Waals surface area contributed by atoms with Crippen molar-refractivity contribution in [3.05, 3.63) is 65.9 Å².